The second-order valence-corrected chi connectivity index (χ2v) is 11.0. The highest BCUT2D eigenvalue weighted by Gasteiger charge is 2.64. The van der Waals surface area contributed by atoms with E-state index in [1.807, 2.05) is 47.4 Å². The summed E-state index contributed by atoms with van der Waals surface area (Å²) in [6.45, 7) is 6.72. The van der Waals surface area contributed by atoms with Gasteiger partial charge >= 0.3 is 0 Å². The minimum Gasteiger partial charge on any atom is -0.384 e. The summed E-state index contributed by atoms with van der Waals surface area (Å²) in [6, 6.07) is 12.7. The van der Waals surface area contributed by atoms with Gasteiger partial charge in [-0.3, -0.25) is 9.69 Å². The number of benzene rings is 2. The van der Waals surface area contributed by atoms with Crippen molar-refractivity contribution in [1.29, 1.82) is 0 Å². The third-order valence-electron chi connectivity index (χ3n) is 6.93. The van der Waals surface area contributed by atoms with E-state index in [2.05, 4.69) is 26.1 Å². The minimum atomic E-state index is -0.653. The van der Waals surface area contributed by atoms with Crippen LogP contribution in [0.25, 0.3) is 0 Å². The van der Waals surface area contributed by atoms with E-state index in [4.69, 9.17) is 28.9 Å². The summed E-state index contributed by atoms with van der Waals surface area (Å²) in [7, 11) is 0. The number of halogens is 3. The number of anilines is 1. The molecule has 4 nitrogen and oxygen atoms in total. The quantitative estimate of drug-likeness (QED) is 0.607. The number of amides is 1. The van der Waals surface area contributed by atoms with Crippen LogP contribution >= 0.6 is 23.2 Å². The number of likely N-dealkylation sites (tertiary alicyclic amines) is 1. The molecule has 1 amide bonds. The largest absolute Gasteiger partial charge is 0.384 e. The second-order valence-electron chi connectivity index (χ2n) is 10.2. The van der Waals surface area contributed by atoms with Gasteiger partial charge in [0, 0.05) is 46.2 Å². The fourth-order valence-corrected chi connectivity index (χ4v) is 6.30. The number of hydrogen-bond donors (Lipinski definition) is 2. The summed E-state index contributed by atoms with van der Waals surface area (Å²) < 4.78 is 13.9. The third kappa shape index (κ3) is 3.89. The van der Waals surface area contributed by atoms with Crippen molar-refractivity contribution < 1.29 is 9.18 Å². The van der Waals surface area contributed by atoms with Crippen molar-refractivity contribution in [3.05, 3.63) is 63.6 Å². The predicted molar refractivity (Wildman–Crippen MR) is 129 cm³/mol. The first-order valence-corrected chi connectivity index (χ1v) is 11.7. The SMILES string of the molecule is CC(C)(C)C[C@@H]1N(CCF)[C@@H](C(N)=O)[C@H](c2cccc(Cl)c2)[C@]12CNc1cc(Cl)ccc12. The molecule has 0 bridgehead atoms. The molecule has 172 valence electrons. The minimum absolute atomic E-state index is 0.0488. The van der Waals surface area contributed by atoms with Gasteiger partial charge in [0.05, 0.1) is 6.04 Å². The van der Waals surface area contributed by atoms with Crippen LogP contribution in [0.1, 0.15) is 44.2 Å². The van der Waals surface area contributed by atoms with Crippen LogP contribution in [0.5, 0.6) is 0 Å². The van der Waals surface area contributed by atoms with Crippen LogP contribution in [0, 0.1) is 5.41 Å². The van der Waals surface area contributed by atoms with E-state index in [-0.39, 0.29) is 23.9 Å². The number of alkyl halides is 1. The highest BCUT2D eigenvalue weighted by atomic mass is 35.5. The molecule has 2 aliphatic rings. The Morgan fingerprint density at radius 3 is 2.56 bits per heavy atom. The zero-order valence-electron chi connectivity index (χ0n) is 18.7. The number of carbonyl (C=O) groups is 1. The van der Waals surface area contributed by atoms with Crippen molar-refractivity contribution in [2.75, 3.05) is 25.1 Å². The maximum absolute atomic E-state index is 13.9. The summed E-state index contributed by atoms with van der Waals surface area (Å²) in [4.78, 5) is 15.0. The molecular weight excluding hydrogens is 448 g/mol. The molecule has 3 N–H and O–H groups in total. The fraction of sp³-hybridized carbons (Fsp3) is 0.480. The van der Waals surface area contributed by atoms with E-state index in [0.29, 0.717) is 16.6 Å². The number of nitrogens with zero attached hydrogens (tertiary/aromatic N) is 1. The summed E-state index contributed by atoms with van der Waals surface area (Å²) in [6.07, 6.45) is 0.775. The Hall–Kier alpha value is -1.82. The van der Waals surface area contributed by atoms with Crippen molar-refractivity contribution in [1.82, 2.24) is 4.90 Å². The van der Waals surface area contributed by atoms with Gasteiger partial charge in [0.25, 0.3) is 0 Å². The first-order valence-electron chi connectivity index (χ1n) is 11.0. The van der Waals surface area contributed by atoms with Crippen molar-refractivity contribution in [2.24, 2.45) is 11.1 Å². The number of rotatable bonds is 5. The van der Waals surface area contributed by atoms with Gasteiger partial charge in [0.15, 0.2) is 0 Å². The third-order valence-corrected chi connectivity index (χ3v) is 7.40. The first-order chi connectivity index (χ1) is 15.1. The highest BCUT2D eigenvalue weighted by molar-refractivity contribution is 6.31. The Kier molecular flexibility index (Phi) is 6.21. The van der Waals surface area contributed by atoms with Crippen LogP contribution < -0.4 is 11.1 Å². The Labute approximate surface area is 199 Å². The highest BCUT2D eigenvalue weighted by Crippen LogP contribution is 2.59. The van der Waals surface area contributed by atoms with Crippen LogP contribution in [-0.2, 0) is 10.2 Å². The fourth-order valence-electron chi connectivity index (χ4n) is 5.93. The average molecular weight is 478 g/mol. The molecule has 1 saturated heterocycles. The van der Waals surface area contributed by atoms with Gasteiger partial charge in [0.1, 0.15) is 6.67 Å². The molecule has 2 aliphatic heterocycles. The Morgan fingerprint density at radius 2 is 1.94 bits per heavy atom. The Balaban J connectivity index is 2.01. The van der Waals surface area contributed by atoms with Crippen LogP contribution in [0.4, 0.5) is 10.1 Å². The zero-order chi connectivity index (χ0) is 23.3. The second kappa shape index (κ2) is 8.51. The smallest absolute Gasteiger partial charge is 0.235 e. The van der Waals surface area contributed by atoms with Crippen LogP contribution in [-0.4, -0.2) is 42.7 Å². The monoisotopic (exact) mass is 477 g/mol. The molecule has 0 saturated carbocycles. The molecule has 4 rings (SSSR count). The van der Waals surface area contributed by atoms with E-state index < -0.39 is 24.0 Å². The normalized spacial score (nSPS) is 27.5. The van der Waals surface area contributed by atoms with Crippen LogP contribution in [0.15, 0.2) is 42.5 Å². The van der Waals surface area contributed by atoms with Crippen molar-refractivity contribution in [3.63, 3.8) is 0 Å². The molecule has 1 fully saturated rings. The molecule has 0 unspecified atom stereocenters. The lowest BCUT2D eigenvalue weighted by molar-refractivity contribution is -0.123. The standard InChI is InChI=1S/C25H30Cl2FN3O/c1-24(2,3)13-20-25(14-30-19-12-17(27)7-8-18(19)25)21(15-5-4-6-16(26)11-15)22(23(29)32)31(20)10-9-28/h4-8,11-12,20-22,30H,9-10,13-14H2,1-3H3,(H2,29,32)/t20-,21-,22+,25-/m0/s1. The molecule has 2 heterocycles. The molecule has 0 aliphatic carbocycles. The Morgan fingerprint density at radius 1 is 1.22 bits per heavy atom. The first kappa shape index (κ1) is 23.3. The van der Waals surface area contributed by atoms with E-state index in [1.54, 1.807) is 0 Å². The van der Waals surface area contributed by atoms with Crippen LogP contribution in [0.3, 0.4) is 0 Å². The summed E-state index contributed by atoms with van der Waals surface area (Å²) in [5, 5.41) is 4.78. The van der Waals surface area contributed by atoms with Gasteiger partial charge in [0.2, 0.25) is 5.91 Å². The lowest BCUT2D eigenvalue weighted by Crippen LogP contribution is -2.49. The molecule has 0 aromatic heterocycles. The topological polar surface area (TPSA) is 58.4 Å². The molecule has 1 spiro atoms. The number of nitrogens with one attached hydrogen (secondary N) is 1. The number of hydrogen-bond acceptors (Lipinski definition) is 3. The molecule has 2 aromatic rings. The van der Waals surface area contributed by atoms with E-state index in [0.717, 1.165) is 23.2 Å². The van der Waals surface area contributed by atoms with Gasteiger partial charge in [-0.2, -0.15) is 0 Å². The van der Waals surface area contributed by atoms with Gasteiger partial charge in [-0.25, -0.2) is 4.39 Å². The number of primary amides is 1. The number of nitrogens with two attached hydrogens (primary N) is 1. The summed E-state index contributed by atoms with van der Waals surface area (Å²) >= 11 is 12.7. The molecule has 32 heavy (non-hydrogen) atoms. The molecular formula is C25H30Cl2FN3O. The van der Waals surface area contributed by atoms with Crippen molar-refractivity contribution in [2.45, 2.75) is 50.6 Å². The summed E-state index contributed by atoms with van der Waals surface area (Å²) in [5.74, 6) is -0.728. The van der Waals surface area contributed by atoms with Crippen molar-refractivity contribution in [3.8, 4) is 0 Å². The average Bonchev–Trinajstić information content (AvgIpc) is 3.19. The van der Waals surface area contributed by atoms with Gasteiger partial charge < -0.3 is 11.1 Å². The van der Waals surface area contributed by atoms with Crippen LogP contribution in [0.2, 0.25) is 10.0 Å². The lowest BCUT2D eigenvalue weighted by Gasteiger charge is -2.41. The van der Waals surface area contributed by atoms with Gasteiger partial charge in [-0.1, -0.05) is 62.2 Å². The van der Waals surface area contributed by atoms with E-state index in [9.17, 15) is 9.18 Å². The maximum atomic E-state index is 13.9. The Bertz CT molecular complexity index is 1020. The summed E-state index contributed by atoms with van der Waals surface area (Å²) in [5.41, 5.74) is 8.47. The van der Waals surface area contributed by atoms with E-state index >= 15 is 0 Å². The molecule has 7 heteroatoms. The van der Waals surface area contributed by atoms with E-state index in [1.165, 1.54) is 0 Å². The van der Waals surface area contributed by atoms with Gasteiger partial charge in [-0.15, -0.1) is 0 Å². The number of fused-ring (bicyclic) bond motifs is 2. The zero-order valence-corrected chi connectivity index (χ0v) is 20.2. The van der Waals surface area contributed by atoms with Crippen molar-refractivity contribution >= 4 is 34.8 Å². The number of carbonyl (C=O) groups excluding carboxylic acids is 1. The maximum Gasteiger partial charge on any atom is 0.235 e. The lowest BCUT2D eigenvalue weighted by atomic mass is 9.63. The molecule has 2 aromatic carbocycles. The molecule has 0 radical (unpaired) electrons. The predicted octanol–water partition coefficient (Wildman–Crippen LogP) is 5.38. The van der Waals surface area contributed by atoms with Gasteiger partial charge in [-0.05, 0) is 47.2 Å². The molecule has 4 atom stereocenters.